The van der Waals surface area contributed by atoms with Crippen LogP contribution in [0.3, 0.4) is 0 Å². The zero-order valence-electron chi connectivity index (χ0n) is 11.3. The number of nitrogens with two attached hydrogens (primary N) is 1. The number of rotatable bonds is 6. The monoisotopic (exact) mass is 291 g/mol. The van der Waals surface area contributed by atoms with Gasteiger partial charge in [0.15, 0.2) is 0 Å². The molecule has 18 heavy (non-hydrogen) atoms. The fourth-order valence-corrected chi connectivity index (χ4v) is 2.15. The van der Waals surface area contributed by atoms with Crippen LogP contribution >= 0.6 is 24.0 Å². The molecule has 1 aromatic rings. The molecule has 1 rings (SSSR count). The van der Waals surface area contributed by atoms with Crippen LogP contribution in [0.25, 0.3) is 0 Å². The van der Waals surface area contributed by atoms with E-state index in [-0.39, 0.29) is 18.4 Å². The van der Waals surface area contributed by atoms with Crippen LogP contribution in [0.4, 0.5) is 0 Å². The van der Waals surface area contributed by atoms with E-state index < -0.39 is 0 Å². The van der Waals surface area contributed by atoms with Gasteiger partial charge in [-0.1, -0.05) is 31.5 Å². The molecule has 0 aliphatic carbocycles. The van der Waals surface area contributed by atoms with Gasteiger partial charge in [0.05, 0.1) is 11.6 Å². The van der Waals surface area contributed by atoms with Crippen molar-refractivity contribution in [3.63, 3.8) is 0 Å². The van der Waals surface area contributed by atoms with Crippen molar-refractivity contribution in [2.75, 3.05) is 6.61 Å². The molecule has 4 heteroatoms. The second-order valence-corrected chi connectivity index (χ2v) is 4.86. The van der Waals surface area contributed by atoms with Crippen LogP contribution in [0, 0.1) is 0 Å². The third-order valence-electron chi connectivity index (χ3n) is 2.57. The van der Waals surface area contributed by atoms with Gasteiger partial charge in [0, 0.05) is 6.04 Å². The predicted molar refractivity (Wildman–Crippen MR) is 81.2 cm³/mol. The summed E-state index contributed by atoms with van der Waals surface area (Å²) in [4.78, 5) is 0. The number of halogens is 2. The van der Waals surface area contributed by atoms with Gasteiger partial charge in [0.1, 0.15) is 5.75 Å². The molecular formula is C14H23Cl2NO. The van der Waals surface area contributed by atoms with Crippen molar-refractivity contribution >= 4 is 24.0 Å². The molecule has 0 heterocycles. The zero-order chi connectivity index (χ0) is 12.8. The molecule has 1 atom stereocenters. The molecular weight excluding hydrogens is 269 g/mol. The first kappa shape index (κ1) is 17.6. The zero-order valence-corrected chi connectivity index (χ0v) is 12.9. The average Bonchev–Trinajstić information content (AvgIpc) is 2.26. The standard InChI is InChI=1S/C14H22ClNO.ClH/c1-4-6-17-14-12(5-2)8-11(7-10(3)16)9-13(14)15;/h8-10H,4-7,16H2,1-3H3;1H. The van der Waals surface area contributed by atoms with Gasteiger partial charge in [-0.15, -0.1) is 12.4 Å². The van der Waals surface area contributed by atoms with Crippen molar-refractivity contribution in [1.29, 1.82) is 0 Å². The fourth-order valence-electron chi connectivity index (χ4n) is 1.83. The Morgan fingerprint density at radius 1 is 1.33 bits per heavy atom. The van der Waals surface area contributed by atoms with E-state index in [2.05, 4.69) is 19.9 Å². The molecule has 2 nitrogen and oxygen atoms in total. The van der Waals surface area contributed by atoms with Gasteiger partial charge >= 0.3 is 0 Å². The first-order valence-corrected chi connectivity index (χ1v) is 6.65. The van der Waals surface area contributed by atoms with Crippen molar-refractivity contribution < 1.29 is 4.74 Å². The molecule has 0 saturated heterocycles. The lowest BCUT2D eigenvalue weighted by atomic mass is 10.0. The highest BCUT2D eigenvalue weighted by Crippen LogP contribution is 2.31. The molecule has 0 aliphatic rings. The summed E-state index contributed by atoms with van der Waals surface area (Å²) in [5, 5.41) is 0.702. The molecule has 0 spiro atoms. The largest absolute Gasteiger partial charge is 0.492 e. The summed E-state index contributed by atoms with van der Waals surface area (Å²) < 4.78 is 5.70. The first-order chi connectivity index (χ1) is 8.08. The molecule has 0 fully saturated rings. The lowest BCUT2D eigenvalue weighted by molar-refractivity contribution is 0.314. The van der Waals surface area contributed by atoms with Crippen LogP contribution in [0.5, 0.6) is 5.75 Å². The molecule has 1 aromatic carbocycles. The summed E-state index contributed by atoms with van der Waals surface area (Å²) in [5.41, 5.74) is 8.16. The molecule has 2 N–H and O–H groups in total. The van der Waals surface area contributed by atoms with E-state index in [9.17, 15) is 0 Å². The minimum absolute atomic E-state index is 0. The third kappa shape index (κ3) is 5.05. The first-order valence-electron chi connectivity index (χ1n) is 6.28. The smallest absolute Gasteiger partial charge is 0.141 e. The van der Waals surface area contributed by atoms with E-state index in [0.717, 1.165) is 25.0 Å². The normalized spacial score (nSPS) is 11.8. The quantitative estimate of drug-likeness (QED) is 0.860. The van der Waals surface area contributed by atoms with E-state index in [0.29, 0.717) is 11.6 Å². The van der Waals surface area contributed by atoms with Gasteiger partial charge in [-0.2, -0.15) is 0 Å². The fraction of sp³-hybridized carbons (Fsp3) is 0.571. The van der Waals surface area contributed by atoms with Crippen LogP contribution in [0.2, 0.25) is 5.02 Å². The Hall–Kier alpha value is -0.440. The lowest BCUT2D eigenvalue weighted by Gasteiger charge is -2.14. The Bertz CT molecular complexity index is 367. The summed E-state index contributed by atoms with van der Waals surface area (Å²) >= 11 is 6.27. The Kier molecular flexibility index (Phi) is 8.41. The summed E-state index contributed by atoms with van der Waals surface area (Å²) in [5.74, 6) is 0.837. The van der Waals surface area contributed by atoms with Crippen LogP contribution in [0.15, 0.2) is 12.1 Å². The molecule has 1 unspecified atom stereocenters. The van der Waals surface area contributed by atoms with Crippen LogP contribution in [-0.4, -0.2) is 12.6 Å². The van der Waals surface area contributed by atoms with Gasteiger partial charge in [-0.25, -0.2) is 0 Å². The summed E-state index contributed by atoms with van der Waals surface area (Å²) in [6.07, 6.45) is 2.76. The van der Waals surface area contributed by atoms with Crippen molar-refractivity contribution in [3.05, 3.63) is 28.3 Å². The maximum atomic E-state index is 6.27. The minimum atomic E-state index is 0. The topological polar surface area (TPSA) is 35.2 Å². The van der Waals surface area contributed by atoms with Gasteiger partial charge in [0.2, 0.25) is 0 Å². The van der Waals surface area contributed by atoms with Crippen molar-refractivity contribution in [2.45, 2.75) is 46.1 Å². The maximum absolute atomic E-state index is 6.27. The Morgan fingerprint density at radius 3 is 2.50 bits per heavy atom. The maximum Gasteiger partial charge on any atom is 0.141 e. The molecule has 0 bridgehead atoms. The molecule has 104 valence electrons. The lowest BCUT2D eigenvalue weighted by Crippen LogP contribution is -2.18. The Labute approximate surface area is 121 Å². The third-order valence-corrected chi connectivity index (χ3v) is 2.85. The van der Waals surface area contributed by atoms with Gasteiger partial charge in [0.25, 0.3) is 0 Å². The van der Waals surface area contributed by atoms with E-state index in [1.54, 1.807) is 0 Å². The Morgan fingerprint density at radius 2 is 2.00 bits per heavy atom. The van der Waals surface area contributed by atoms with Crippen molar-refractivity contribution in [3.8, 4) is 5.75 Å². The Balaban J connectivity index is 0.00000289. The van der Waals surface area contributed by atoms with Crippen molar-refractivity contribution in [1.82, 2.24) is 0 Å². The molecule has 0 saturated carbocycles. The van der Waals surface area contributed by atoms with Crippen molar-refractivity contribution in [2.24, 2.45) is 5.73 Å². The predicted octanol–water partition coefficient (Wildman–Crippen LogP) is 4.00. The van der Waals surface area contributed by atoms with E-state index in [1.807, 2.05) is 13.0 Å². The van der Waals surface area contributed by atoms with E-state index >= 15 is 0 Å². The molecule has 0 aromatic heterocycles. The number of ether oxygens (including phenoxy) is 1. The average molecular weight is 292 g/mol. The highest BCUT2D eigenvalue weighted by atomic mass is 35.5. The van der Waals surface area contributed by atoms with Crippen LogP contribution in [-0.2, 0) is 12.8 Å². The second-order valence-electron chi connectivity index (χ2n) is 4.45. The van der Waals surface area contributed by atoms with Gasteiger partial charge < -0.3 is 10.5 Å². The molecule has 0 amide bonds. The van der Waals surface area contributed by atoms with E-state index in [4.69, 9.17) is 22.1 Å². The van der Waals surface area contributed by atoms with E-state index in [1.165, 1.54) is 11.1 Å². The van der Waals surface area contributed by atoms with Gasteiger partial charge in [-0.3, -0.25) is 0 Å². The number of hydrogen-bond donors (Lipinski definition) is 1. The molecule has 0 radical (unpaired) electrons. The number of benzene rings is 1. The molecule has 0 aliphatic heterocycles. The van der Waals surface area contributed by atoms with Crippen LogP contribution < -0.4 is 10.5 Å². The summed E-state index contributed by atoms with van der Waals surface area (Å²) in [6, 6.07) is 4.27. The highest BCUT2D eigenvalue weighted by Gasteiger charge is 2.10. The van der Waals surface area contributed by atoms with Gasteiger partial charge in [-0.05, 0) is 43.4 Å². The highest BCUT2D eigenvalue weighted by molar-refractivity contribution is 6.32. The SMILES string of the molecule is CCCOc1c(Cl)cc(CC(C)N)cc1CC.Cl. The minimum Gasteiger partial charge on any atom is -0.492 e. The second kappa shape index (κ2) is 8.63. The summed E-state index contributed by atoms with van der Waals surface area (Å²) in [7, 11) is 0. The number of aryl methyl sites for hydroxylation is 1. The number of hydrogen-bond acceptors (Lipinski definition) is 2. The summed E-state index contributed by atoms with van der Waals surface area (Å²) in [6.45, 7) is 6.91. The van der Waals surface area contributed by atoms with Crippen LogP contribution in [0.1, 0.15) is 38.3 Å².